The summed E-state index contributed by atoms with van der Waals surface area (Å²) in [6.07, 6.45) is -2.81. The van der Waals surface area contributed by atoms with Crippen LogP contribution in [0.3, 0.4) is 0 Å². The largest absolute Gasteiger partial charge is 0.487 e. The lowest BCUT2D eigenvalue weighted by atomic mass is 10.1. The lowest BCUT2D eigenvalue weighted by Gasteiger charge is -2.28. The van der Waals surface area contributed by atoms with E-state index in [9.17, 15) is 22.8 Å². The van der Waals surface area contributed by atoms with Crippen LogP contribution in [0.15, 0.2) is 60.9 Å². The number of alkyl halides is 3. The van der Waals surface area contributed by atoms with Gasteiger partial charge in [-0.05, 0) is 37.3 Å². The van der Waals surface area contributed by atoms with Gasteiger partial charge in [0.15, 0.2) is 5.69 Å². The first kappa shape index (κ1) is 25.6. The minimum absolute atomic E-state index is 0.118. The molecule has 0 fully saturated rings. The van der Waals surface area contributed by atoms with Gasteiger partial charge in [0, 0.05) is 0 Å². The zero-order valence-electron chi connectivity index (χ0n) is 18.5. The van der Waals surface area contributed by atoms with Crippen LogP contribution in [0.25, 0.3) is 0 Å². The zero-order valence-corrected chi connectivity index (χ0v) is 18.5. The van der Waals surface area contributed by atoms with Crippen LogP contribution in [0.1, 0.15) is 34.2 Å². The van der Waals surface area contributed by atoms with Gasteiger partial charge in [-0.15, -0.1) is 0 Å². The van der Waals surface area contributed by atoms with Crippen molar-refractivity contribution < 1.29 is 32.2 Å². The Morgan fingerprint density at radius 3 is 2.33 bits per heavy atom. The maximum Gasteiger partial charge on any atom is 0.419 e. The third-order valence-electron chi connectivity index (χ3n) is 4.73. The molecule has 0 aliphatic rings. The fraction of sp³-hybridized carbons (Fsp3) is 0.167. The molecule has 0 unspecified atom stereocenters. The average molecular weight is 495 g/mol. The maximum atomic E-state index is 13.3. The van der Waals surface area contributed by atoms with Crippen LogP contribution >= 0.6 is 0 Å². The first-order valence-corrected chi connectivity index (χ1v) is 10.1. The third-order valence-corrected chi connectivity index (χ3v) is 4.73. The van der Waals surface area contributed by atoms with E-state index in [2.05, 4.69) is 15.3 Å². The average Bonchev–Trinajstić information content (AvgIpc) is 2.87. The predicted molar refractivity (Wildman–Crippen MR) is 117 cm³/mol. The number of nitriles is 2. The van der Waals surface area contributed by atoms with E-state index in [0.29, 0.717) is 6.07 Å². The van der Waals surface area contributed by atoms with Crippen molar-refractivity contribution in [3.8, 4) is 17.9 Å². The number of pyridine rings is 2. The Bertz CT molecular complexity index is 1350. The first-order chi connectivity index (χ1) is 17.1. The quantitative estimate of drug-likeness (QED) is 0.488. The Kier molecular flexibility index (Phi) is 7.50. The molecule has 36 heavy (non-hydrogen) atoms. The number of nitrogens with one attached hydrogen (secondary N) is 1. The number of amides is 1. The first-order valence-electron chi connectivity index (χ1n) is 10.1. The molecule has 0 aliphatic carbocycles. The number of aromatic nitrogens is 2. The van der Waals surface area contributed by atoms with Crippen molar-refractivity contribution >= 4 is 17.6 Å². The highest BCUT2D eigenvalue weighted by Crippen LogP contribution is 2.33. The molecule has 0 spiro atoms. The van der Waals surface area contributed by atoms with Crippen molar-refractivity contribution in [3.63, 3.8) is 0 Å². The minimum atomic E-state index is -4.90. The van der Waals surface area contributed by atoms with Crippen molar-refractivity contribution in [3.05, 3.63) is 83.4 Å². The topological polar surface area (TPSA) is 138 Å². The van der Waals surface area contributed by atoms with Crippen LogP contribution in [0.4, 0.5) is 18.9 Å². The van der Waals surface area contributed by atoms with E-state index in [-0.39, 0.29) is 22.7 Å². The van der Waals surface area contributed by atoms with Gasteiger partial charge in [0.1, 0.15) is 30.2 Å². The summed E-state index contributed by atoms with van der Waals surface area (Å²) in [6.45, 7) is 0.656. The fourth-order valence-electron chi connectivity index (χ4n) is 2.83. The number of esters is 1. The summed E-state index contributed by atoms with van der Waals surface area (Å²) in [6, 6.07) is 14.2. The molecule has 0 saturated carbocycles. The summed E-state index contributed by atoms with van der Waals surface area (Å²) in [5.74, 6) is -1.76. The molecule has 1 amide bonds. The van der Waals surface area contributed by atoms with Gasteiger partial charge in [-0.1, -0.05) is 18.2 Å². The number of hydrogen-bond donors (Lipinski definition) is 1. The minimum Gasteiger partial charge on any atom is -0.487 e. The number of ether oxygens (including phenoxy) is 2. The smallest absolute Gasteiger partial charge is 0.419 e. The fourth-order valence-corrected chi connectivity index (χ4v) is 2.83. The predicted octanol–water partition coefficient (Wildman–Crippen LogP) is 3.87. The number of rotatable bonds is 7. The van der Waals surface area contributed by atoms with Crippen LogP contribution in [0.5, 0.6) is 5.75 Å². The lowest BCUT2D eigenvalue weighted by molar-refractivity contribution is -0.138. The van der Waals surface area contributed by atoms with Crippen molar-refractivity contribution in [2.75, 3.05) is 11.9 Å². The van der Waals surface area contributed by atoms with Crippen molar-refractivity contribution in [2.45, 2.75) is 18.7 Å². The summed E-state index contributed by atoms with van der Waals surface area (Å²) in [5.41, 5.74) is -4.38. The Hall–Kier alpha value is -4.97. The van der Waals surface area contributed by atoms with Crippen molar-refractivity contribution in [2.24, 2.45) is 0 Å². The highest BCUT2D eigenvalue weighted by atomic mass is 19.4. The summed E-state index contributed by atoms with van der Waals surface area (Å²) in [7, 11) is 0. The molecule has 2 heterocycles. The molecule has 0 aliphatic heterocycles. The molecule has 182 valence electrons. The van der Waals surface area contributed by atoms with E-state index in [1.54, 1.807) is 18.2 Å². The maximum absolute atomic E-state index is 13.3. The molecule has 12 heteroatoms. The Morgan fingerprint density at radius 1 is 1.03 bits per heavy atom. The molecule has 1 N–H and O–H groups in total. The monoisotopic (exact) mass is 495 g/mol. The summed E-state index contributed by atoms with van der Waals surface area (Å²) < 4.78 is 50.8. The van der Waals surface area contributed by atoms with Gasteiger partial charge in [0.05, 0.1) is 29.2 Å². The number of halogens is 3. The molecular weight excluding hydrogens is 479 g/mol. The van der Waals surface area contributed by atoms with Gasteiger partial charge >= 0.3 is 12.1 Å². The second-order valence-corrected chi connectivity index (χ2v) is 7.45. The normalized spacial score (nSPS) is 12.4. The van der Waals surface area contributed by atoms with Gasteiger partial charge in [-0.25, -0.2) is 14.8 Å². The number of hydrogen-bond acceptors (Lipinski definition) is 8. The van der Waals surface area contributed by atoms with Crippen LogP contribution in [0.2, 0.25) is 0 Å². The number of anilines is 1. The standard InChI is InChI=1S/C24H16F3N5O4/c1-23(36-21(33)15-5-3-2-4-6-15,14-35-18-8-7-16(10-28)30-13-18)22(34)32-17-9-19(24(25,26)27)20(11-29)31-12-17/h2-9,12-13H,14H2,1H3,(H,32,34)/t23-/m0/s1. The Labute approximate surface area is 202 Å². The van der Waals surface area contributed by atoms with E-state index in [0.717, 1.165) is 6.20 Å². The van der Waals surface area contributed by atoms with Gasteiger partial charge in [0.2, 0.25) is 5.60 Å². The molecule has 1 aromatic carbocycles. The van der Waals surface area contributed by atoms with Crippen molar-refractivity contribution in [1.82, 2.24) is 9.97 Å². The summed E-state index contributed by atoms with van der Waals surface area (Å²) >= 11 is 0. The van der Waals surface area contributed by atoms with E-state index in [4.69, 9.17) is 20.0 Å². The zero-order chi connectivity index (χ0) is 26.3. The number of carbonyl (C=O) groups excluding carboxylic acids is 2. The van der Waals surface area contributed by atoms with E-state index in [1.807, 2.05) is 6.07 Å². The van der Waals surface area contributed by atoms with Gasteiger partial charge in [0.25, 0.3) is 5.91 Å². The second kappa shape index (κ2) is 10.5. The molecule has 0 saturated heterocycles. The van der Waals surface area contributed by atoms with Crippen molar-refractivity contribution in [1.29, 1.82) is 10.5 Å². The van der Waals surface area contributed by atoms with Gasteiger partial charge in [-0.3, -0.25) is 4.79 Å². The summed E-state index contributed by atoms with van der Waals surface area (Å²) in [4.78, 5) is 33.1. The molecule has 0 bridgehead atoms. The van der Waals surface area contributed by atoms with Gasteiger partial charge < -0.3 is 14.8 Å². The van der Waals surface area contributed by atoms with E-state index in [1.165, 1.54) is 43.5 Å². The van der Waals surface area contributed by atoms with Gasteiger partial charge in [-0.2, -0.15) is 23.7 Å². The number of benzene rings is 1. The lowest BCUT2D eigenvalue weighted by Crippen LogP contribution is -2.49. The number of carbonyl (C=O) groups is 2. The Morgan fingerprint density at radius 2 is 1.75 bits per heavy atom. The highest BCUT2D eigenvalue weighted by molar-refractivity contribution is 6.00. The molecule has 9 nitrogen and oxygen atoms in total. The molecule has 0 radical (unpaired) electrons. The molecular formula is C24H16F3N5O4. The van der Waals surface area contributed by atoms with E-state index < -0.39 is 41.5 Å². The van der Waals surface area contributed by atoms with Crippen LogP contribution in [0, 0.1) is 22.7 Å². The van der Waals surface area contributed by atoms with Crippen LogP contribution in [-0.2, 0) is 15.7 Å². The highest BCUT2D eigenvalue weighted by Gasteiger charge is 2.40. The molecule has 1 atom stereocenters. The second-order valence-electron chi connectivity index (χ2n) is 7.45. The van der Waals surface area contributed by atoms with E-state index >= 15 is 0 Å². The van der Waals surface area contributed by atoms with Crippen LogP contribution < -0.4 is 10.1 Å². The van der Waals surface area contributed by atoms with Crippen LogP contribution in [-0.4, -0.2) is 34.1 Å². The molecule has 3 aromatic rings. The third kappa shape index (κ3) is 6.12. The molecule has 2 aromatic heterocycles. The SMILES string of the molecule is C[C@@](COc1ccc(C#N)nc1)(OC(=O)c1ccccc1)C(=O)Nc1cnc(C#N)c(C(F)(F)F)c1. The Balaban J connectivity index is 1.88. The molecule has 3 rings (SSSR count). The summed E-state index contributed by atoms with van der Waals surface area (Å²) in [5, 5.41) is 20.0. The number of nitrogens with zero attached hydrogens (tertiary/aromatic N) is 4.